The van der Waals surface area contributed by atoms with Crippen LogP contribution in [0.5, 0.6) is 5.75 Å². The third-order valence-corrected chi connectivity index (χ3v) is 2.84. The van der Waals surface area contributed by atoms with E-state index in [9.17, 15) is 8.78 Å². The van der Waals surface area contributed by atoms with Crippen LogP contribution in [0.2, 0.25) is 0 Å². The van der Waals surface area contributed by atoms with Crippen molar-refractivity contribution in [2.45, 2.75) is 19.4 Å². The molecule has 100 valence electrons. The number of aromatic nitrogens is 1. The molecule has 1 heterocycles. The van der Waals surface area contributed by atoms with Crippen molar-refractivity contribution in [1.82, 2.24) is 4.98 Å². The van der Waals surface area contributed by atoms with Gasteiger partial charge in [0, 0.05) is 23.8 Å². The molecule has 2 rings (SSSR count). The summed E-state index contributed by atoms with van der Waals surface area (Å²) in [6, 6.07) is 4.18. The predicted octanol–water partition coefficient (Wildman–Crippen LogP) is 3.99. The van der Waals surface area contributed by atoms with Gasteiger partial charge in [-0.15, -0.1) is 11.6 Å². The normalized spacial score (nSPS) is 10.5. The van der Waals surface area contributed by atoms with Crippen molar-refractivity contribution in [3.8, 4) is 5.75 Å². The van der Waals surface area contributed by atoms with E-state index in [1.54, 1.807) is 12.4 Å². The first-order valence-electron chi connectivity index (χ1n) is 5.67. The summed E-state index contributed by atoms with van der Waals surface area (Å²) in [5.41, 5.74) is 2.08. The van der Waals surface area contributed by atoms with Crippen LogP contribution >= 0.6 is 11.6 Å². The number of benzene rings is 1. The zero-order valence-electron chi connectivity index (χ0n) is 10.3. The van der Waals surface area contributed by atoms with E-state index in [2.05, 4.69) is 4.98 Å². The quantitative estimate of drug-likeness (QED) is 0.792. The lowest BCUT2D eigenvalue weighted by molar-refractivity contribution is 0.273. The summed E-state index contributed by atoms with van der Waals surface area (Å²) in [7, 11) is 0. The molecule has 0 aliphatic heterocycles. The molecule has 1 aromatic carbocycles. The lowest BCUT2D eigenvalue weighted by atomic mass is 10.2. The Morgan fingerprint density at radius 3 is 2.37 bits per heavy atom. The number of pyridine rings is 1. The Morgan fingerprint density at radius 2 is 1.79 bits per heavy atom. The van der Waals surface area contributed by atoms with Crippen LogP contribution in [0.15, 0.2) is 30.6 Å². The molecule has 2 nitrogen and oxygen atoms in total. The van der Waals surface area contributed by atoms with E-state index >= 15 is 0 Å². The summed E-state index contributed by atoms with van der Waals surface area (Å²) < 4.78 is 32.5. The molecule has 0 bridgehead atoms. The predicted molar refractivity (Wildman–Crippen MR) is 69.2 cm³/mol. The van der Waals surface area contributed by atoms with E-state index in [4.69, 9.17) is 16.3 Å². The van der Waals surface area contributed by atoms with Crippen LogP contribution in [0.1, 0.15) is 16.7 Å². The number of alkyl halides is 1. The standard InChI is InChI=1S/C14H12ClF2NO/c1-9-2-11(7-18-6-9)8-19-14-12(16)3-10(5-15)4-13(14)17/h2-4,6-7H,5,8H2,1H3. The van der Waals surface area contributed by atoms with Crippen LogP contribution in [0.4, 0.5) is 8.78 Å². The minimum absolute atomic E-state index is 0.0515. The maximum absolute atomic E-state index is 13.6. The monoisotopic (exact) mass is 283 g/mol. The minimum Gasteiger partial charge on any atom is -0.483 e. The third-order valence-electron chi connectivity index (χ3n) is 2.53. The van der Waals surface area contributed by atoms with E-state index < -0.39 is 17.4 Å². The summed E-state index contributed by atoms with van der Waals surface area (Å²) in [4.78, 5) is 3.98. The van der Waals surface area contributed by atoms with Crippen LogP contribution in [0.3, 0.4) is 0 Å². The Balaban J connectivity index is 2.16. The molecule has 0 saturated heterocycles. The molecule has 0 aliphatic rings. The zero-order chi connectivity index (χ0) is 13.8. The number of hydrogen-bond donors (Lipinski definition) is 0. The molecule has 0 unspecified atom stereocenters. The maximum atomic E-state index is 13.6. The lowest BCUT2D eigenvalue weighted by Gasteiger charge is -2.09. The molecule has 0 fully saturated rings. The number of halogens is 3. The third kappa shape index (κ3) is 3.41. The summed E-state index contributed by atoms with van der Waals surface area (Å²) in [6.45, 7) is 1.94. The fraction of sp³-hybridized carbons (Fsp3) is 0.214. The largest absolute Gasteiger partial charge is 0.483 e. The van der Waals surface area contributed by atoms with Crippen molar-refractivity contribution < 1.29 is 13.5 Å². The van der Waals surface area contributed by atoms with Gasteiger partial charge in [0.05, 0.1) is 0 Å². The highest BCUT2D eigenvalue weighted by atomic mass is 35.5. The van der Waals surface area contributed by atoms with E-state index in [1.807, 2.05) is 13.0 Å². The first-order valence-corrected chi connectivity index (χ1v) is 6.21. The second-order valence-corrected chi connectivity index (χ2v) is 4.45. The summed E-state index contributed by atoms with van der Waals surface area (Å²) in [5.74, 6) is -1.85. The van der Waals surface area contributed by atoms with Gasteiger partial charge in [0.2, 0.25) is 0 Å². The highest BCUT2D eigenvalue weighted by Crippen LogP contribution is 2.25. The number of hydrogen-bond acceptors (Lipinski definition) is 2. The van der Waals surface area contributed by atoms with Gasteiger partial charge in [-0.25, -0.2) is 8.78 Å². The van der Waals surface area contributed by atoms with Crippen molar-refractivity contribution in [3.63, 3.8) is 0 Å². The molecule has 1 aromatic heterocycles. The van der Waals surface area contributed by atoms with Crippen molar-refractivity contribution >= 4 is 11.6 Å². The van der Waals surface area contributed by atoms with Crippen LogP contribution in [0.25, 0.3) is 0 Å². The first kappa shape index (κ1) is 13.7. The van der Waals surface area contributed by atoms with E-state index in [0.717, 1.165) is 11.1 Å². The Hall–Kier alpha value is -1.68. The molecular weight excluding hydrogens is 272 g/mol. The average molecular weight is 284 g/mol. The molecule has 0 radical (unpaired) electrons. The van der Waals surface area contributed by atoms with Crippen LogP contribution in [-0.2, 0) is 12.5 Å². The van der Waals surface area contributed by atoms with Gasteiger partial charge in [0.1, 0.15) is 6.61 Å². The van der Waals surface area contributed by atoms with Crippen molar-refractivity contribution in [2.75, 3.05) is 0 Å². The summed E-state index contributed by atoms with van der Waals surface area (Å²) >= 11 is 5.53. The molecule has 5 heteroatoms. The number of nitrogens with zero attached hydrogens (tertiary/aromatic N) is 1. The highest BCUT2D eigenvalue weighted by molar-refractivity contribution is 6.17. The Bertz CT molecular complexity index is 566. The number of aryl methyl sites for hydroxylation is 1. The molecule has 0 atom stereocenters. The van der Waals surface area contributed by atoms with Crippen molar-refractivity contribution in [1.29, 1.82) is 0 Å². The summed E-state index contributed by atoms with van der Waals surface area (Å²) in [6.07, 6.45) is 3.29. The Labute approximate surface area is 115 Å². The lowest BCUT2D eigenvalue weighted by Crippen LogP contribution is -2.01. The molecule has 2 aromatic rings. The smallest absolute Gasteiger partial charge is 0.191 e. The van der Waals surface area contributed by atoms with Crippen LogP contribution in [0, 0.1) is 18.6 Å². The van der Waals surface area contributed by atoms with Gasteiger partial charge in [-0.2, -0.15) is 0 Å². The molecule has 0 saturated carbocycles. The van der Waals surface area contributed by atoms with Crippen LogP contribution < -0.4 is 4.74 Å². The Kier molecular flexibility index (Phi) is 4.32. The topological polar surface area (TPSA) is 22.1 Å². The fourth-order valence-electron chi connectivity index (χ4n) is 1.68. The van der Waals surface area contributed by atoms with Gasteiger partial charge in [-0.3, -0.25) is 4.98 Å². The fourth-order valence-corrected chi connectivity index (χ4v) is 1.83. The minimum atomic E-state index is -0.753. The van der Waals surface area contributed by atoms with Crippen molar-refractivity contribution in [2.24, 2.45) is 0 Å². The van der Waals surface area contributed by atoms with Gasteiger partial charge >= 0.3 is 0 Å². The van der Waals surface area contributed by atoms with E-state index in [-0.39, 0.29) is 12.5 Å². The number of ether oxygens (including phenoxy) is 1. The van der Waals surface area contributed by atoms with Crippen LogP contribution in [-0.4, -0.2) is 4.98 Å². The SMILES string of the molecule is Cc1cncc(COc2c(F)cc(CCl)cc2F)c1. The summed E-state index contributed by atoms with van der Waals surface area (Å²) in [5, 5.41) is 0. The van der Waals surface area contributed by atoms with Gasteiger partial charge in [0.25, 0.3) is 0 Å². The molecule has 0 N–H and O–H groups in total. The molecular formula is C14H12ClF2NO. The highest BCUT2D eigenvalue weighted by Gasteiger charge is 2.12. The maximum Gasteiger partial charge on any atom is 0.191 e. The Morgan fingerprint density at radius 1 is 1.11 bits per heavy atom. The molecule has 0 amide bonds. The molecule has 0 aliphatic carbocycles. The van der Waals surface area contributed by atoms with E-state index in [0.29, 0.717) is 5.56 Å². The van der Waals surface area contributed by atoms with E-state index in [1.165, 1.54) is 12.1 Å². The van der Waals surface area contributed by atoms with Gasteiger partial charge in [-0.1, -0.05) is 0 Å². The average Bonchev–Trinajstić information content (AvgIpc) is 2.37. The van der Waals surface area contributed by atoms with Gasteiger partial charge in [0.15, 0.2) is 17.4 Å². The van der Waals surface area contributed by atoms with Gasteiger partial charge < -0.3 is 4.74 Å². The second kappa shape index (κ2) is 5.97. The molecule has 0 spiro atoms. The second-order valence-electron chi connectivity index (χ2n) is 4.18. The zero-order valence-corrected chi connectivity index (χ0v) is 11.0. The van der Waals surface area contributed by atoms with Gasteiger partial charge in [-0.05, 0) is 36.2 Å². The van der Waals surface area contributed by atoms with Crippen molar-refractivity contribution in [3.05, 3.63) is 58.9 Å². The number of rotatable bonds is 4. The first-order chi connectivity index (χ1) is 9.10. The molecule has 19 heavy (non-hydrogen) atoms.